The zero-order chi connectivity index (χ0) is 24.2. The maximum absolute atomic E-state index is 13.5. The van der Waals surface area contributed by atoms with E-state index in [0.29, 0.717) is 32.2 Å². The molecule has 1 aromatic rings. The Morgan fingerprint density at radius 1 is 1.18 bits per heavy atom. The van der Waals surface area contributed by atoms with E-state index < -0.39 is 35.3 Å². The summed E-state index contributed by atoms with van der Waals surface area (Å²) < 4.78 is 10.2. The monoisotopic (exact) mass is 459 g/mol. The van der Waals surface area contributed by atoms with Crippen LogP contribution in [-0.2, 0) is 30.3 Å². The van der Waals surface area contributed by atoms with Crippen LogP contribution in [0, 0.1) is 0 Å². The fourth-order valence-corrected chi connectivity index (χ4v) is 4.57. The van der Waals surface area contributed by atoms with Crippen LogP contribution in [0.1, 0.15) is 52.0 Å². The second-order valence-corrected chi connectivity index (χ2v) is 9.60. The number of esters is 1. The molecule has 2 N–H and O–H groups in total. The van der Waals surface area contributed by atoms with Gasteiger partial charge in [0.25, 0.3) is 0 Å². The molecule has 1 aromatic carbocycles. The van der Waals surface area contributed by atoms with Gasteiger partial charge in [0, 0.05) is 13.0 Å². The fraction of sp³-hybridized carbons (Fsp3) is 0.583. The number of carbonyl (C=O) groups excluding carboxylic acids is 4. The predicted octanol–water partition coefficient (Wildman–Crippen LogP) is 1.94. The third kappa shape index (κ3) is 5.64. The number of fused-ring (bicyclic) bond motifs is 1. The number of nitrogens with zero attached hydrogens (tertiary/aromatic N) is 1. The third-order valence-electron chi connectivity index (χ3n) is 6.09. The molecule has 2 saturated heterocycles. The molecule has 0 aliphatic carbocycles. The summed E-state index contributed by atoms with van der Waals surface area (Å²) in [6.07, 6.45) is 1.48. The molecule has 180 valence electrons. The van der Waals surface area contributed by atoms with Crippen LogP contribution in [-0.4, -0.2) is 65.7 Å². The van der Waals surface area contributed by atoms with Crippen molar-refractivity contribution in [1.82, 2.24) is 15.5 Å². The van der Waals surface area contributed by atoms with Crippen LogP contribution in [0.3, 0.4) is 0 Å². The van der Waals surface area contributed by atoms with Crippen LogP contribution >= 0.6 is 0 Å². The Hall–Kier alpha value is -3.10. The Balaban J connectivity index is 1.72. The molecule has 0 bridgehead atoms. The molecule has 2 aliphatic heterocycles. The minimum atomic E-state index is -1.04. The van der Waals surface area contributed by atoms with Gasteiger partial charge in [-0.3, -0.25) is 9.59 Å². The van der Waals surface area contributed by atoms with Gasteiger partial charge in [-0.1, -0.05) is 30.3 Å². The Morgan fingerprint density at radius 2 is 1.88 bits per heavy atom. The number of hydrogen-bond donors (Lipinski definition) is 2. The molecule has 0 saturated carbocycles. The first kappa shape index (κ1) is 24.5. The molecule has 3 amide bonds. The summed E-state index contributed by atoms with van der Waals surface area (Å²) in [5, 5.41) is 5.47. The molecule has 0 spiro atoms. The van der Waals surface area contributed by atoms with Gasteiger partial charge in [-0.25, -0.2) is 9.59 Å². The van der Waals surface area contributed by atoms with Gasteiger partial charge >= 0.3 is 12.1 Å². The highest BCUT2D eigenvalue weighted by Gasteiger charge is 2.54. The molecular weight excluding hydrogens is 426 g/mol. The average Bonchev–Trinajstić information content (AvgIpc) is 3.20. The van der Waals surface area contributed by atoms with E-state index >= 15 is 0 Å². The number of hydrogen-bond acceptors (Lipinski definition) is 6. The summed E-state index contributed by atoms with van der Waals surface area (Å²) >= 11 is 0. The highest BCUT2D eigenvalue weighted by Crippen LogP contribution is 2.39. The molecule has 2 fully saturated rings. The lowest BCUT2D eigenvalue weighted by Crippen LogP contribution is -2.66. The lowest BCUT2D eigenvalue weighted by molar-refractivity contribution is -0.153. The highest BCUT2D eigenvalue weighted by molar-refractivity contribution is 5.97. The standard InChI is InChI=1S/C24H33N3O6/c1-23(2,3)33-22(31)26-17-11-13-24(12-8-14-27(24)19(17)28)21(30)25-18(20(29)32-4)15-16-9-6-5-7-10-16/h5-7,9-10,17-18H,8,11-15H2,1-4H3,(H,25,30)(H,26,31)/t17-,18-,24+/m0/s1. The van der Waals surface area contributed by atoms with Gasteiger partial charge in [-0.05, 0) is 52.0 Å². The Bertz CT molecular complexity index is 897. The Morgan fingerprint density at radius 3 is 2.52 bits per heavy atom. The normalized spacial score (nSPS) is 23.3. The Kier molecular flexibility index (Phi) is 7.29. The van der Waals surface area contributed by atoms with Crippen LogP contribution in [0.4, 0.5) is 4.79 Å². The first-order chi connectivity index (χ1) is 15.6. The number of ether oxygens (including phenoxy) is 2. The van der Waals surface area contributed by atoms with Crippen molar-refractivity contribution in [2.45, 2.75) is 76.1 Å². The van der Waals surface area contributed by atoms with Crippen molar-refractivity contribution >= 4 is 23.9 Å². The van der Waals surface area contributed by atoms with Gasteiger partial charge in [-0.15, -0.1) is 0 Å². The van der Waals surface area contributed by atoms with Crippen LogP contribution in [0.25, 0.3) is 0 Å². The van der Waals surface area contributed by atoms with Crippen LogP contribution in [0.5, 0.6) is 0 Å². The van der Waals surface area contributed by atoms with E-state index in [0.717, 1.165) is 5.56 Å². The van der Waals surface area contributed by atoms with Gasteiger partial charge in [0.1, 0.15) is 23.2 Å². The molecule has 3 atom stereocenters. The van der Waals surface area contributed by atoms with Crippen LogP contribution in [0.2, 0.25) is 0 Å². The number of nitrogens with one attached hydrogen (secondary N) is 2. The largest absolute Gasteiger partial charge is 0.467 e. The average molecular weight is 460 g/mol. The van der Waals surface area contributed by atoms with Gasteiger partial charge in [0.2, 0.25) is 11.8 Å². The molecule has 2 aliphatic rings. The smallest absolute Gasteiger partial charge is 0.408 e. The van der Waals surface area contributed by atoms with E-state index in [4.69, 9.17) is 9.47 Å². The number of amides is 3. The number of alkyl carbamates (subject to hydrolysis) is 1. The maximum Gasteiger partial charge on any atom is 0.408 e. The molecule has 2 heterocycles. The van der Waals surface area contributed by atoms with E-state index in [1.54, 1.807) is 25.7 Å². The minimum Gasteiger partial charge on any atom is -0.467 e. The highest BCUT2D eigenvalue weighted by atomic mass is 16.6. The second-order valence-electron chi connectivity index (χ2n) is 9.60. The number of methoxy groups -OCH3 is 1. The van der Waals surface area contributed by atoms with Crippen molar-refractivity contribution in [3.05, 3.63) is 35.9 Å². The molecule has 9 nitrogen and oxygen atoms in total. The zero-order valence-electron chi connectivity index (χ0n) is 19.7. The van der Waals surface area contributed by atoms with Gasteiger partial charge in [0.05, 0.1) is 7.11 Å². The first-order valence-electron chi connectivity index (χ1n) is 11.3. The van der Waals surface area contributed by atoms with Crippen molar-refractivity contribution in [1.29, 1.82) is 0 Å². The second kappa shape index (κ2) is 9.80. The predicted molar refractivity (Wildman–Crippen MR) is 120 cm³/mol. The number of benzene rings is 1. The van der Waals surface area contributed by atoms with Crippen molar-refractivity contribution in [3.8, 4) is 0 Å². The summed E-state index contributed by atoms with van der Waals surface area (Å²) in [5.41, 5.74) is -0.831. The molecule has 33 heavy (non-hydrogen) atoms. The molecule has 0 radical (unpaired) electrons. The lowest BCUT2D eigenvalue weighted by atomic mass is 9.83. The van der Waals surface area contributed by atoms with Crippen LogP contribution in [0.15, 0.2) is 30.3 Å². The van der Waals surface area contributed by atoms with Gasteiger partial charge in [0.15, 0.2) is 0 Å². The molecule has 0 aromatic heterocycles. The van der Waals surface area contributed by atoms with E-state index in [2.05, 4.69) is 10.6 Å². The van der Waals surface area contributed by atoms with E-state index in [1.165, 1.54) is 7.11 Å². The first-order valence-corrected chi connectivity index (χ1v) is 11.3. The maximum atomic E-state index is 13.5. The number of piperidine rings is 1. The quantitative estimate of drug-likeness (QED) is 0.629. The Labute approximate surface area is 194 Å². The summed E-state index contributed by atoms with van der Waals surface area (Å²) in [6, 6.07) is 7.73. The number of rotatable bonds is 6. The van der Waals surface area contributed by atoms with Crippen molar-refractivity contribution in [2.75, 3.05) is 13.7 Å². The summed E-state index contributed by atoms with van der Waals surface area (Å²) in [5.74, 6) is -1.22. The zero-order valence-corrected chi connectivity index (χ0v) is 19.7. The molecule has 9 heteroatoms. The van der Waals surface area contributed by atoms with Gasteiger partial charge < -0.3 is 25.0 Å². The fourth-order valence-electron chi connectivity index (χ4n) is 4.57. The molecule has 0 unspecified atom stereocenters. The van der Waals surface area contributed by atoms with Crippen molar-refractivity contribution in [2.24, 2.45) is 0 Å². The van der Waals surface area contributed by atoms with E-state index in [9.17, 15) is 19.2 Å². The third-order valence-corrected chi connectivity index (χ3v) is 6.09. The minimum absolute atomic E-state index is 0.284. The van der Waals surface area contributed by atoms with Crippen LogP contribution < -0.4 is 10.6 Å². The molecular formula is C24H33N3O6. The van der Waals surface area contributed by atoms with Crippen molar-refractivity contribution in [3.63, 3.8) is 0 Å². The lowest BCUT2D eigenvalue weighted by Gasteiger charge is -2.44. The summed E-state index contributed by atoms with van der Waals surface area (Å²) in [4.78, 5) is 52.7. The molecule has 3 rings (SSSR count). The van der Waals surface area contributed by atoms with E-state index in [1.807, 2.05) is 30.3 Å². The SMILES string of the molecule is COC(=O)[C@H](Cc1ccccc1)NC(=O)[C@]12CCCN1C(=O)[C@@H](NC(=O)OC(C)(C)C)CC2. The van der Waals surface area contributed by atoms with Gasteiger partial charge in [-0.2, -0.15) is 0 Å². The topological polar surface area (TPSA) is 114 Å². The summed E-state index contributed by atoms with van der Waals surface area (Å²) in [7, 11) is 1.28. The van der Waals surface area contributed by atoms with E-state index in [-0.39, 0.29) is 18.2 Å². The summed E-state index contributed by atoms with van der Waals surface area (Å²) in [6.45, 7) is 5.66. The number of carbonyl (C=O) groups is 4. The van der Waals surface area contributed by atoms with Crippen molar-refractivity contribution < 1.29 is 28.7 Å².